The van der Waals surface area contributed by atoms with E-state index in [0.717, 1.165) is 35.1 Å². The number of hydrogen-bond donors (Lipinski definition) is 2. The summed E-state index contributed by atoms with van der Waals surface area (Å²) in [5.74, 6) is -1.59. The van der Waals surface area contributed by atoms with Gasteiger partial charge in [-0.3, -0.25) is 9.59 Å². The first-order valence-corrected chi connectivity index (χ1v) is 13.4. The minimum atomic E-state index is -0.988. The van der Waals surface area contributed by atoms with Gasteiger partial charge < -0.3 is 15.3 Å². The maximum atomic E-state index is 13.1. The van der Waals surface area contributed by atoms with Gasteiger partial charge in [-0.15, -0.1) is 0 Å². The number of nitrogens with zero attached hydrogens (tertiary/aromatic N) is 1. The first-order valence-electron chi connectivity index (χ1n) is 13.4. The molecule has 38 heavy (non-hydrogen) atoms. The summed E-state index contributed by atoms with van der Waals surface area (Å²) < 4.78 is 0. The lowest BCUT2D eigenvalue weighted by atomic mass is 9.96. The molecule has 0 fully saturated rings. The van der Waals surface area contributed by atoms with E-state index in [0.29, 0.717) is 23.4 Å². The zero-order valence-electron chi connectivity index (χ0n) is 22.6. The third kappa shape index (κ3) is 5.80. The van der Waals surface area contributed by atoms with Crippen molar-refractivity contribution in [3.8, 4) is 11.1 Å². The van der Waals surface area contributed by atoms with E-state index in [1.807, 2.05) is 81.4 Å². The molecule has 1 aliphatic heterocycles. The molecular formula is C32H36N2O4. The first-order chi connectivity index (χ1) is 18.2. The Hall–Kier alpha value is -3.93. The van der Waals surface area contributed by atoms with E-state index in [-0.39, 0.29) is 17.7 Å². The van der Waals surface area contributed by atoms with Crippen molar-refractivity contribution in [2.75, 3.05) is 5.32 Å². The van der Waals surface area contributed by atoms with Crippen LogP contribution in [0.2, 0.25) is 0 Å². The molecule has 1 heterocycles. The molecule has 0 saturated heterocycles. The number of aryl methyl sites for hydroxylation is 2. The van der Waals surface area contributed by atoms with Crippen LogP contribution >= 0.6 is 0 Å². The summed E-state index contributed by atoms with van der Waals surface area (Å²) in [7, 11) is 0. The molecule has 0 spiro atoms. The summed E-state index contributed by atoms with van der Waals surface area (Å²) in [5, 5.41) is 12.6. The number of aliphatic carboxylic acids is 1. The van der Waals surface area contributed by atoms with Crippen LogP contribution in [0.3, 0.4) is 0 Å². The van der Waals surface area contributed by atoms with Crippen LogP contribution in [0.1, 0.15) is 77.4 Å². The molecule has 0 aromatic heterocycles. The molecule has 0 saturated carbocycles. The normalized spacial score (nSPS) is 13.5. The zero-order chi connectivity index (χ0) is 27.4. The Kier molecular flexibility index (Phi) is 8.30. The number of carboxylic acids is 1. The van der Waals surface area contributed by atoms with Gasteiger partial charge in [-0.1, -0.05) is 63.9 Å². The van der Waals surface area contributed by atoms with Crippen molar-refractivity contribution in [2.24, 2.45) is 5.92 Å². The second kappa shape index (κ2) is 11.6. The lowest BCUT2D eigenvalue weighted by Crippen LogP contribution is -2.44. The molecule has 198 valence electrons. The van der Waals surface area contributed by atoms with Crippen LogP contribution in [0.15, 0.2) is 60.7 Å². The average molecular weight is 513 g/mol. The second-order valence-electron chi connectivity index (χ2n) is 10.5. The number of benzene rings is 3. The Labute approximate surface area is 224 Å². The summed E-state index contributed by atoms with van der Waals surface area (Å²) >= 11 is 0. The van der Waals surface area contributed by atoms with Crippen molar-refractivity contribution in [2.45, 2.75) is 66.0 Å². The third-order valence-corrected chi connectivity index (χ3v) is 7.24. The van der Waals surface area contributed by atoms with Gasteiger partial charge in [-0.2, -0.15) is 0 Å². The maximum Gasteiger partial charge on any atom is 0.326 e. The molecule has 2 amide bonds. The molecule has 6 heteroatoms. The third-order valence-electron chi connectivity index (χ3n) is 7.24. The van der Waals surface area contributed by atoms with E-state index in [9.17, 15) is 19.5 Å². The smallest absolute Gasteiger partial charge is 0.326 e. The van der Waals surface area contributed by atoms with Crippen LogP contribution in [0, 0.1) is 12.8 Å². The molecule has 1 atom stereocenters. The highest BCUT2D eigenvalue weighted by atomic mass is 16.4. The molecule has 3 aromatic rings. The molecule has 0 unspecified atom stereocenters. The van der Waals surface area contributed by atoms with Crippen LogP contribution in [0.25, 0.3) is 11.1 Å². The van der Waals surface area contributed by atoms with Crippen molar-refractivity contribution in [3.63, 3.8) is 0 Å². The van der Waals surface area contributed by atoms with Gasteiger partial charge in [0, 0.05) is 23.4 Å². The summed E-state index contributed by atoms with van der Waals surface area (Å²) in [5.41, 5.74) is 6.74. The van der Waals surface area contributed by atoms with E-state index in [1.54, 1.807) is 0 Å². The molecule has 0 radical (unpaired) electrons. The largest absolute Gasteiger partial charge is 0.480 e. The van der Waals surface area contributed by atoms with Crippen molar-refractivity contribution in [1.29, 1.82) is 0 Å². The monoisotopic (exact) mass is 512 g/mol. The fourth-order valence-corrected chi connectivity index (χ4v) is 5.16. The molecule has 0 bridgehead atoms. The van der Waals surface area contributed by atoms with Crippen LogP contribution in [-0.4, -0.2) is 33.8 Å². The molecule has 1 aliphatic rings. The fourth-order valence-electron chi connectivity index (χ4n) is 5.16. The van der Waals surface area contributed by atoms with E-state index in [4.69, 9.17) is 0 Å². The lowest BCUT2D eigenvalue weighted by molar-refractivity contribution is -0.144. The number of amides is 2. The second-order valence-corrected chi connectivity index (χ2v) is 10.5. The molecule has 6 nitrogen and oxygen atoms in total. The summed E-state index contributed by atoms with van der Waals surface area (Å²) in [4.78, 5) is 39.2. The summed E-state index contributed by atoms with van der Waals surface area (Å²) in [6.45, 7) is 8.08. The van der Waals surface area contributed by atoms with Crippen LogP contribution in [0.4, 0.5) is 5.69 Å². The van der Waals surface area contributed by atoms with Gasteiger partial charge in [-0.25, -0.2) is 4.79 Å². The highest BCUT2D eigenvalue weighted by Gasteiger charge is 2.38. The molecule has 2 N–H and O–H groups in total. The number of carboxylic acid groups (broad SMARTS) is 1. The van der Waals surface area contributed by atoms with Crippen molar-refractivity contribution >= 4 is 23.5 Å². The number of carbonyl (C=O) groups excluding carboxylic acids is 2. The van der Waals surface area contributed by atoms with E-state index >= 15 is 0 Å². The van der Waals surface area contributed by atoms with Crippen LogP contribution in [0.5, 0.6) is 0 Å². The number of carbonyl (C=O) groups is 3. The van der Waals surface area contributed by atoms with Crippen molar-refractivity contribution < 1.29 is 19.5 Å². The van der Waals surface area contributed by atoms with E-state index in [2.05, 4.69) is 12.2 Å². The quantitative estimate of drug-likeness (QED) is 0.296. The number of fused-ring (bicyclic) bond motifs is 1. The van der Waals surface area contributed by atoms with Gasteiger partial charge in [0.05, 0.1) is 0 Å². The Morgan fingerprint density at radius 1 is 0.974 bits per heavy atom. The minimum Gasteiger partial charge on any atom is -0.480 e. The highest BCUT2D eigenvalue weighted by Crippen LogP contribution is 2.33. The van der Waals surface area contributed by atoms with Gasteiger partial charge in [0.2, 0.25) is 0 Å². The number of nitrogens with one attached hydrogen (secondary N) is 1. The van der Waals surface area contributed by atoms with Gasteiger partial charge in [0.25, 0.3) is 11.8 Å². The minimum absolute atomic E-state index is 0.154. The maximum absolute atomic E-state index is 13.1. The van der Waals surface area contributed by atoms with Crippen molar-refractivity contribution in [1.82, 2.24) is 4.90 Å². The Morgan fingerprint density at radius 2 is 1.71 bits per heavy atom. The van der Waals surface area contributed by atoms with Gasteiger partial charge in [-0.05, 0) is 83.8 Å². The molecular weight excluding hydrogens is 476 g/mol. The van der Waals surface area contributed by atoms with E-state index < -0.39 is 12.0 Å². The molecule has 3 aromatic carbocycles. The molecule has 0 aliphatic carbocycles. The Morgan fingerprint density at radius 3 is 2.34 bits per heavy atom. The van der Waals surface area contributed by atoms with E-state index in [1.165, 1.54) is 23.3 Å². The lowest BCUT2D eigenvalue weighted by Gasteiger charge is -2.27. The average Bonchev–Trinajstić information content (AvgIpc) is 3.19. The van der Waals surface area contributed by atoms with Gasteiger partial charge in [0.15, 0.2) is 0 Å². The standard InChI is InChI=1S/C32H36N2O4/c1-5-6-7-8-22-9-11-23(12-10-22)30(35)33-26-15-16-27(21(4)17-26)24-13-14-25-19-34(31(36)28(25)18-24)29(20(2)3)32(37)38/h9-18,20,29H,5-8,19H2,1-4H3,(H,33,35)(H,37,38)/t29-/m0/s1. The van der Waals surface area contributed by atoms with Crippen molar-refractivity contribution in [3.05, 3.63) is 88.5 Å². The van der Waals surface area contributed by atoms with Gasteiger partial charge in [0.1, 0.15) is 6.04 Å². The summed E-state index contributed by atoms with van der Waals surface area (Å²) in [6.07, 6.45) is 4.58. The fraction of sp³-hybridized carbons (Fsp3) is 0.344. The number of hydrogen-bond acceptors (Lipinski definition) is 3. The first kappa shape index (κ1) is 27.1. The highest BCUT2D eigenvalue weighted by molar-refractivity contribution is 6.04. The molecule has 4 rings (SSSR count). The Bertz CT molecular complexity index is 1340. The number of anilines is 1. The topological polar surface area (TPSA) is 86.7 Å². The summed E-state index contributed by atoms with van der Waals surface area (Å²) in [6, 6.07) is 18.4. The predicted octanol–water partition coefficient (Wildman–Crippen LogP) is 6.71. The van der Waals surface area contributed by atoms with Crippen LogP contribution in [-0.2, 0) is 17.8 Å². The predicted molar refractivity (Wildman–Crippen MR) is 150 cm³/mol. The van der Waals surface area contributed by atoms with Crippen LogP contribution < -0.4 is 5.32 Å². The van der Waals surface area contributed by atoms with Gasteiger partial charge >= 0.3 is 5.97 Å². The number of rotatable bonds is 10. The Balaban J connectivity index is 1.47. The number of unbranched alkanes of at least 4 members (excludes halogenated alkanes) is 2. The zero-order valence-corrected chi connectivity index (χ0v) is 22.6. The SMILES string of the molecule is CCCCCc1ccc(C(=O)Nc2ccc(-c3ccc4c(c3)C(=O)N([C@H](C(=O)O)C(C)C)C4)c(C)c2)cc1.